The predicted molar refractivity (Wildman–Crippen MR) is 124 cm³/mol. The Hall–Kier alpha value is -4.00. The second-order valence-electron chi connectivity index (χ2n) is 7.54. The van der Waals surface area contributed by atoms with Crippen LogP contribution >= 0.6 is 0 Å². The van der Waals surface area contributed by atoms with Gasteiger partial charge in [-0.25, -0.2) is 4.79 Å². The maximum atomic E-state index is 13.0. The molecule has 2 aromatic carbocycles. The molecule has 7 nitrogen and oxygen atoms in total. The van der Waals surface area contributed by atoms with Crippen LogP contribution in [0.2, 0.25) is 0 Å². The highest BCUT2D eigenvalue weighted by Gasteiger charge is 2.13. The number of nitrogens with one attached hydrogen (secondary N) is 1. The molecule has 4 aromatic rings. The van der Waals surface area contributed by atoms with Crippen molar-refractivity contribution in [3.8, 4) is 0 Å². The van der Waals surface area contributed by atoms with E-state index in [0.29, 0.717) is 42.5 Å². The zero-order valence-corrected chi connectivity index (χ0v) is 17.8. The zero-order chi connectivity index (χ0) is 22.5. The summed E-state index contributed by atoms with van der Waals surface area (Å²) in [6.07, 6.45) is 2.38. The van der Waals surface area contributed by atoms with Crippen molar-refractivity contribution in [1.29, 1.82) is 0 Å². The third kappa shape index (κ3) is 4.37. The molecular formula is C25H24N4O3. The van der Waals surface area contributed by atoms with Crippen LogP contribution in [0.1, 0.15) is 35.0 Å². The molecule has 162 valence electrons. The molecule has 0 saturated heterocycles. The predicted octanol–water partition coefficient (Wildman–Crippen LogP) is 2.95. The lowest BCUT2D eigenvalue weighted by atomic mass is 10.1. The van der Waals surface area contributed by atoms with Crippen molar-refractivity contribution in [1.82, 2.24) is 19.4 Å². The Kier molecular flexibility index (Phi) is 6.26. The minimum Gasteiger partial charge on any atom is -0.346 e. The van der Waals surface area contributed by atoms with E-state index in [0.717, 1.165) is 11.3 Å². The number of carbonyl (C=O) groups excluding carboxylic acids is 1. The number of nitrogens with zero attached hydrogens (tertiary/aromatic N) is 3. The Morgan fingerprint density at radius 2 is 1.69 bits per heavy atom. The molecule has 0 bridgehead atoms. The molecule has 2 heterocycles. The van der Waals surface area contributed by atoms with E-state index in [2.05, 4.69) is 10.3 Å². The van der Waals surface area contributed by atoms with Crippen molar-refractivity contribution in [3.05, 3.63) is 111 Å². The topological polar surface area (TPSA) is 86.0 Å². The first-order chi connectivity index (χ1) is 15.6. The maximum Gasteiger partial charge on any atom is 0.331 e. The van der Waals surface area contributed by atoms with Crippen LogP contribution < -0.4 is 16.6 Å². The first kappa shape index (κ1) is 21.2. The molecule has 0 unspecified atom stereocenters. The van der Waals surface area contributed by atoms with Gasteiger partial charge in [-0.1, -0.05) is 37.3 Å². The van der Waals surface area contributed by atoms with E-state index in [1.807, 2.05) is 43.3 Å². The number of carbonyl (C=O) groups is 1. The second kappa shape index (κ2) is 9.43. The van der Waals surface area contributed by atoms with Crippen molar-refractivity contribution in [2.24, 2.45) is 0 Å². The van der Waals surface area contributed by atoms with Crippen molar-refractivity contribution in [2.75, 3.05) is 0 Å². The number of aromatic nitrogens is 3. The highest BCUT2D eigenvalue weighted by Crippen LogP contribution is 2.12. The van der Waals surface area contributed by atoms with Crippen molar-refractivity contribution < 1.29 is 4.79 Å². The van der Waals surface area contributed by atoms with Crippen LogP contribution in [-0.4, -0.2) is 20.0 Å². The average Bonchev–Trinajstić information content (AvgIpc) is 2.84. The fourth-order valence-electron chi connectivity index (χ4n) is 3.66. The fourth-order valence-corrected chi connectivity index (χ4v) is 3.66. The summed E-state index contributed by atoms with van der Waals surface area (Å²) in [7, 11) is 0. The number of hydrogen-bond donors (Lipinski definition) is 1. The Bertz CT molecular complexity index is 1360. The summed E-state index contributed by atoms with van der Waals surface area (Å²) >= 11 is 0. The molecule has 0 spiro atoms. The molecule has 2 aromatic heterocycles. The summed E-state index contributed by atoms with van der Waals surface area (Å²) in [5.74, 6) is -0.193. The summed E-state index contributed by atoms with van der Waals surface area (Å²) in [5.41, 5.74) is 2.19. The lowest BCUT2D eigenvalue weighted by Gasteiger charge is -2.14. The third-order valence-electron chi connectivity index (χ3n) is 5.29. The molecule has 0 aliphatic carbocycles. The summed E-state index contributed by atoms with van der Waals surface area (Å²) < 4.78 is 2.91. The Labute approximate surface area is 185 Å². The quantitative estimate of drug-likeness (QED) is 0.490. The molecule has 0 aliphatic rings. The number of para-hydroxylation sites is 1. The monoisotopic (exact) mass is 428 g/mol. The lowest BCUT2D eigenvalue weighted by Crippen LogP contribution is -2.40. The number of hydrogen-bond acceptors (Lipinski definition) is 4. The van der Waals surface area contributed by atoms with Gasteiger partial charge in [0.25, 0.3) is 11.5 Å². The molecular weight excluding hydrogens is 404 g/mol. The molecule has 0 atom stereocenters. The van der Waals surface area contributed by atoms with Crippen LogP contribution in [0.15, 0.2) is 82.5 Å². The number of fused-ring (bicyclic) bond motifs is 1. The van der Waals surface area contributed by atoms with E-state index in [-0.39, 0.29) is 17.2 Å². The first-order valence-corrected chi connectivity index (χ1v) is 10.6. The molecule has 0 fully saturated rings. The van der Waals surface area contributed by atoms with Crippen LogP contribution in [0.5, 0.6) is 0 Å². The van der Waals surface area contributed by atoms with E-state index >= 15 is 0 Å². The van der Waals surface area contributed by atoms with Gasteiger partial charge in [0, 0.05) is 18.3 Å². The lowest BCUT2D eigenvalue weighted by molar-refractivity contribution is 0.0950. The molecule has 0 radical (unpaired) electrons. The van der Waals surface area contributed by atoms with Gasteiger partial charge in [-0.2, -0.15) is 0 Å². The number of amides is 1. The van der Waals surface area contributed by atoms with E-state index in [1.54, 1.807) is 41.1 Å². The second-order valence-corrected chi connectivity index (χ2v) is 7.54. The molecule has 4 rings (SSSR count). The van der Waals surface area contributed by atoms with Crippen LogP contribution in [0, 0.1) is 0 Å². The zero-order valence-electron chi connectivity index (χ0n) is 17.8. The standard InChI is InChI=1S/C25H24N4O3/c1-2-15-28-24(31)21-8-3-4-9-22(21)29(25(28)32)17-18-10-12-19(13-11-18)23(30)27-16-20-7-5-6-14-26-20/h3-14H,2,15-17H2,1H3,(H,27,30). The van der Waals surface area contributed by atoms with Gasteiger partial charge in [0.05, 0.1) is 29.7 Å². The Morgan fingerprint density at radius 3 is 2.41 bits per heavy atom. The van der Waals surface area contributed by atoms with Gasteiger partial charge < -0.3 is 5.32 Å². The Morgan fingerprint density at radius 1 is 0.938 bits per heavy atom. The van der Waals surface area contributed by atoms with Gasteiger partial charge in [-0.15, -0.1) is 0 Å². The summed E-state index contributed by atoms with van der Waals surface area (Å²) in [5, 5.41) is 3.37. The molecule has 7 heteroatoms. The SMILES string of the molecule is CCCn1c(=O)c2ccccc2n(Cc2ccc(C(=O)NCc3ccccn3)cc2)c1=O. The smallest absolute Gasteiger partial charge is 0.331 e. The van der Waals surface area contributed by atoms with E-state index < -0.39 is 0 Å². The highest BCUT2D eigenvalue weighted by molar-refractivity contribution is 5.94. The molecule has 32 heavy (non-hydrogen) atoms. The normalized spacial score (nSPS) is 10.9. The third-order valence-corrected chi connectivity index (χ3v) is 5.29. The van der Waals surface area contributed by atoms with Gasteiger partial charge in [0.2, 0.25) is 0 Å². The van der Waals surface area contributed by atoms with Crippen molar-refractivity contribution in [2.45, 2.75) is 33.0 Å². The fraction of sp³-hybridized carbons (Fsp3) is 0.200. The number of pyridine rings is 1. The van der Waals surface area contributed by atoms with E-state index in [1.165, 1.54) is 4.57 Å². The molecule has 0 aliphatic heterocycles. The molecule has 0 saturated carbocycles. The molecule has 1 N–H and O–H groups in total. The van der Waals surface area contributed by atoms with E-state index in [9.17, 15) is 14.4 Å². The van der Waals surface area contributed by atoms with Gasteiger partial charge in [-0.3, -0.25) is 23.7 Å². The Balaban J connectivity index is 1.58. The average molecular weight is 428 g/mol. The van der Waals surface area contributed by atoms with Gasteiger partial charge in [0.1, 0.15) is 0 Å². The van der Waals surface area contributed by atoms with Gasteiger partial charge >= 0.3 is 5.69 Å². The van der Waals surface area contributed by atoms with Crippen molar-refractivity contribution in [3.63, 3.8) is 0 Å². The van der Waals surface area contributed by atoms with Crippen LogP contribution in [0.25, 0.3) is 10.9 Å². The summed E-state index contributed by atoms with van der Waals surface area (Å²) in [6, 6.07) is 19.8. The molecule has 1 amide bonds. The summed E-state index contributed by atoms with van der Waals surface area (Å²) in [6.45, 7) is 2.96. The van der Waals surface area contributed by atoms with Crippen LogP contribution in [0.4, 0.5) is 0 Å². The van der Waals surface area contributed by atoms with Gasteiger partial charge in [-0.05, 0) is 48.4 Å². The van der Waals surface area contributed by atoms with Crippen molar-refractivity contribution >= 4 is 16.8 Å². The number of rotatable bonds is 7. The largest absolute Gasteiger partial charge is 0.346 e. The van der Waals surface area contributed by atoms with Crippen LogP contribution in [0.3, 0.4) is 0 Å². The minimum atomic E-state index is -0.326. The number of benzene rings is 2. The van der Waals surface area contributed by atoms with Crippen LogP contribution in [-0.2, 0) is 19.6 Å². The highest BCUT2D eigenvalue weighted by atomic mass is 16.2. The van der Waals surface area contributed by atoms with Gasteiger partial charge in [0.15, 0.2) is 0 Å². The summed E-state index contributed by atoms with van der Waals surface area (Å²) in [4.78, 5) is 42.4. The van der Waals surface area contributed by atoms with E-state index in [4.69, 9.17) is 0 Å². The minimum absolute atomic E-state index is 0.193. The maximum absolute atomic E-state index is 13.0. The first-order valence-electron chi connectivity index (χ1n) is 10.6.